The van der Waals surface area contributed by atoms with E-state index in [4.69, 9.17) is 0 Å². The monoisotopic (exact) mass is 434 g/mol. The fraction of sp³-hybridized carbons (Fsp3) is 0.533. The van der Waals surface area contributed by atoms with Crippen molar-refractivity contribution >= 4 is 0 Å². The fourth-order valence-electron chi connectivity index (χ4n) is 5.19. The molecule has 0 saturated heterocycles. The first-order chi connectivity index (χ1) is 14.7. The summed E-state index contributed by atoms with van der Waals surface area (Å²) in [6, 6.07) is 8.49. The van der Waals surface area contributed by atoms with Crippen molar-refractivity contribution in [1.82, 2.24) is 0 Å². The zero-order chi connectivity index (χ0) is 24.0. The zero-order valence-electron chi connectivity index (χ0n) is 21.6. The predicted molar refractivity (Wildman–Crippen MR) is 136 cm³/mol. The lowest BCUT2D eigenvalue weighted by Crippen LogP contribution is -2.21. The van der Waals surface area contributed by atoms with E-state index in [9.17, 15) is 10.2 Å². The molecule has 1 atom stereocenters. The van der Waals surface area contributed by atoms with Crippen LogP contribution in [0.3, 0.4) is 0 Å². The molecule has 2 aromatic carbocycles. The number of phenolic OH excluding ortho intramolecular Hbond substituents is 2. The second-order valence-corrected chi connectivity index (χ2v) is 12.1. The van der Waals surface area contributed by atoms with Gasteiger partial charge in [0.15, 0.2) is 0 Å². The van der Waals surface area contributed by atoms with Crippen molar-refractivity contribution in [2.75, 3.05) is 0 Å². The van der Waals surface area contributed by atoms with E-state index in [-0.39, 0.29) is 16.7 Å². The van der Waals surface area contributed by atoms with Crippen LogP contribution in [0.25, 0.3) is 0 Å². The molecule has 0 radical (unpaired) electrons. The summed E-state index contributed by atoms with van der Waals surface area (Å²) in [7, 11) is 0. The minimum Gasteiger partial charge on any atom is -0.507 e. The van der Waals surface area contributed by atoms with Gasteiger partial charge in [0.05, 0.1) is 0 Å². The van der Waals surface area contributed by atoms with Crippen molar-refractivity contribution < 1.29 is 10.2 Å². The van der Waals surface area contributed by atoms with E-state index in [1.54, 1.807) is 0 Å². The number of aromatic hydroxyl groups is 2. The van der Waals surface area contributed by atoms with Crippen molar-refractivity contribution in [3.05, 3.63) is 69.3 Å². The lowest BCUT2D eigenvalue weighted by Gasteiger charge is -2.34. The molecule has 174 valence electrons. The number of hydrogen-bond donors (Lipinski definition) is 2. The Hall–Kier alpha value is -2.22. The maximum Gasteiger partial charge on any atom is 0.123 e. The number of rotatable bonds is 3. The largest absolute Gasteiger partial charge is 0.507 e. The summed E-state index contributed by atoms with van der Waals surface area (Å²) < 4.78 is 0. The lowest BCUT2D eigenvalue weighted by atomic mass is 9.70. The average Bonchev–Trinajstić information content (AvgIpc) is 2.66. The third kappa shape index (κ3) is 4.90. The first-order valence-corrected chi connectivity index (χ1v) is 12.0. The van der Waals surface area contributed by atoms with Crippen LogP contribution in [0.15, 0.2) is 35.9 Å². The van der Waals surface area contributed by atoms with Crippen LogP contribution in [0, 0.1) is 19.8 Å². The van der Waals surface area contributed by atoms with Gasteiger partial charge in [-0.05, 0) is 67.9 Å². The third-order valence-electron chi connectivity index (χ3n) is 7.00. The van der Waals surface area contributed by atoms with Gasteiger partial charge >= 0.3 is 0 Å². The van der Waals surface area contributed by atoms with Crippen molar-refractivity contribution in [2.24, 2.45) is 5.92 Å². The molecule has 0 aliphatic heterocycles. The van der Waals surface area contributed by atoms with Gasteiger partial charge in [-0.15, -0.1) is 0 Å². The summed E-state index contributed by atoms with van der Waals surface area (Å²) in [6.07, 6.45) is 5.44. The number of hydrogen-bond acceptors (Lipinski definition) is 2. The highest BCUT2D eigenvalue weighted by atomic mass is 16.3. The zero-order valence-corrected chi connectivity index (χ0v) is 21.6. The highest BCUT2D eigenvalue weighted by molar-refractivity contribution is 5.56. The highest BCUT2D eigenvalue weighted by Gasteiger charge is 2.34. The van der Waals surface area contributed by atoms with Gasteiger partial charge in [0.1, 0.15) is 11.5 Å². The quantitative estimate of drug-likeness (QED) is 0.478. The van der Waals surface area contributed by atoms with E-state index < -0.39 is 0 Å². The Morgan fingerprint density at radius 2 is 1.19 bits per heavy atom. The molecule has 2 nitrogen and oxygen atoms in total. The Labute approximate surface area is 195 Å². The van der Waals surface area contributed by atoms with Crippen molar-refractivity contribution in [3.63, 3.8) is 0 Å². The average molecular weight is 435 g/mol. The highest BCUT2D eigenvalue weighted by Crippen LogP contribution is 2.50. The van der Waals surface area contributed by atoms with E-state index in [1.807, 2.05) is 0 Å². The Morgan fingerprint density at radius 1 is 0.750 bits per heavy atom. The van der Waals surface area contributed by atoms with Gasteiger partial charge in [-0.1, -0.05) is 88.6 Å². The molecule has 0 saturated carbocycles. The molecule has 2 heteroatoms. The molecule has 0 bridgehead atoms. The molecule has 0 amide bonds. The van der Waals surface area contributed by atoms with E-state index in [1.165, 1.54) is 5.57 Å². The predicted octanol–water partition coefficient (Wildman–Crippen LogP) is 8.19. The van der Waals surface area contributed by atoms with Crippen LogP contribution in [-0.2, 0) is 10.8 Å². The number of aryl methyl sites for hydroxylation is 2. The summed E-state index contributed by atoms with van der Waals surface area (Å²) in [4.78, 5) is 0. The molecule has 2 N–H and O–H groups in total. The van der Waals surface area contributed by atoms with Crippen LogP contribution >= 0.6 is 0 Å². The normalized spacial score (nSPS) is 17.6. The SMILES string of the molecule is CC1=CCC(C(c2cc(C)cc(C(C)(C)C)c2O)c2cc(C)cc(C(C)(C)C)c2O)CC1. The van der Waals surface area contributed by atoms with Gasteiger partial charge in [-0.3, -0.25) is 0 Å². The summed E-state index contributed by atoms with van der Waals surface area (Å²) in [5, 5.41) is 23.1. The molecule has 1 aliphatic rings. The van der Waals surface area contributed by atoms with Gasteiger partial charge in [0.2, 0.25) is 0 Å². The van der Waals surface area contributed by atoms with Gasteiger partial charge < -0.3 is 10.2 Å². The Morgan fingerprint density at radius 3 is 1.53 bits per heavy atom. The van der Waals surface area contributed by atoms with Crippen LogP contribution in [0.2, 0.25) is 0 Å². The van der Waals surface area contributed by atoms with Gasteiger partial charge in [0, 0.05) is 17.0 Å². The minimum absolute atomic E-state index is 0.0543. The number of allylic oxidation sites excluding steroid dienone is 2. The molecule has 1 unspecified atom stereocenters. The van der Waals surface area contributed by atoms with Crippen LogP contribution in [0.4, 0.5) is 0 Å². The van der Waals surface area contributed by atoms with Gasteiger partial charge in [-0.25, -0.2) is 0 Å². The molecular formula is C30H42O2. The van der Waals surface area contributed by atoms with Gasteiger partial charge in [0.25, 0.3) is 0 Å². The topological polar surface area (TPSA) is 40.5 Å². The van der Waals surface area contributed by atoms with E-state index >= 15 is 0 Å². The second-order valence-electron chi connectivity index (χ2n) is 12.1. The maximum atomic E-state index is 11.6. The second kappa shape index (κ2) is 8.61. The Bertz CT molecular complexity index is 959. The van der Waals surface area contributed by atoms with E-state index in [0.717, 1.165) is 52.6 Å². The fourth-order valence-corrected chi connectivity index (χ4v) is 5.19. The number of benzene rings is 2. The molecule has 0 aromatic heterocycles. The standard InChI is InChI=1S/C30H42O2/c1-18-10-12-21(13-11-18)26(22-14-19(2)16-24(27(22)31)29(4,5)6)23-15-20(3)17-25(28(23)32)30(7,8)9/h10,14-17,21,26,31-32H,11-13H2,1-9H3. The molecule has 3 rings (SSSR count). The van der Waals surface area contributed by atoms with Crippen LogP contribution in [0.5, 0.6) is 11.5 Å². The van der Waals surface area contributed by atoms with E-state index in [2.05, 4.69) is 92.7 Å². The minimum atomic E-state index is -0.163. The smallest absolute Gasteiger partial charge is 0.123 e. The summed E-state index contributed by atoms with van der Waals surface area (Å²) in [5.74, 6) is 1.05. The summed E-state index contributed by atoms with van der Waals surface area (Å²) in [5.41, 5.74) is 7.27. The van der Waals surface area contributed by atoms with Crippen LogP contribution < -0.4 is 0 Å². The first-order valence-electron chi connectivity index (χ1n) is 12.0. The number of phenols is 2. The van der Waals surface area contributed by atoms with Crippen molar-refractivity contribution in [1.29, 1.82) is 0 Å². The van der Waals surface area contributed by atoms with Gasteiger partial charge in [-0.2, -0.15) is 0 Å². The third-order valence-corrected chi connectivity index (χ3v) is 7.00. The summed E-state index contributed by atoms with van der Waals surface area (Å²) in [6.45, 7) is 19.3. The van der Waals surface area contributed by atoms with E-state index in [0.29, 0.717) is 17.4 Å². The molecule has 2 aromatic rings. The molecule has 0 spiro atoms. The lowest BCUT2D eigenvalue weighted by molar-refractivity contribution is 0.378. The molecule has 0 heterocycles. The molecular weight excluding hydrogens is 392 g/mol. The van der Waals surface area contributed by atoms with Crippen molar-refractivity contribution in [3.8, 4) is 11.5 Å². The molecule has 0 fully saturated rings. The Balaban J connectivity index is 2.32. The van der Waals surface area contributed by atoms with Crippen LogP contribution in [0.1, 0.15) is 107 Å². The Kier molecular flexibility index (Phi) is 6.57. The molecule has 1 aliphatic carbocycles. The first kappa shape index (κ1) is 24.4. The maximum absolute atomic E-state index is 11.6. The van der Waals surface area contributed by atoms with Crippen molar-refractivity contribution in [2.45, 2.75) is 98.3 Å². The molecule has 32 heavy (non-hydrogen) atoms. The van der Waals surface area contributed by atoms with Crippen LogP contribution in [-0.4, -0.2) is 10.2 Å². The summed E-state index contributed by atoms with van der Waals surface area (Å²) >= 11 is 0.